The van der Waals surface area contributed by atoms with E-state index in [0.29, 0.717) is 16.9 Å². The fourth-order valence-corrected chi connectivity index (χ4v) is 3.66. The highest BCUT2D eigenvalue weighted by Gasteiger charge is 2.26. The number of para-hydroxylation sites is 1. The zero-order valence-corrected chi connectivity index (χ0v) is 15.8. The summed E-state index contributed by atoms with van der Waals surface area (Å²) in [6.45, 7) is 2.21. The van der Waals surface area contributed by atoms with Gasteiger partial charge in [-0.15, -0.1) is 0 Å². The van der Waals surface area contributed by atoms with Crippen LogP contribution in [0.25, 0.3) is 0 Å². The van der Waals surface area contributed by atoms with Gasteiger partial charge in [-0.2, -0.15) is 0 Å². The van der Waals surface area contributed by atoms with Crippen LogP contribution in [-0.2, 0) is 17.6 Å². The van der Waals surface area contributed by atoms with Gasteiger partial charge in [0.25, 0.3) is 0 Å². The number of amides is 1. The Bertz CT molecular complexity index is 954. The fraction of sp³-hybridized carbons (Fsp3) is 0.182. The number of fused-ring (bicyclic) bond motifs is 1. The quantitative estimate of drug-likeness (QED) is 0.696. The summed E-state index contributed by atoms with van der Waals surface area (Å²) in [6, 6.07) is 20.0. The molecule has 1 aliphatic heterocycles. The van der Waals surface area contributed by atoms with Crippen molar-refractivity contribution in [2.45, 2.75) is 25.8 Å². The van der Waals surface area contributed by atoms with E-state index in [1.807, 2.05) is 30.5 Å². The van der Waals surface area contributed by atoms with Crippen molar-refractivity contribution in [1.82, 2.24) is 4.98 Å². The smallest absolute Gasteiger partial charge is 0.229 e. The number of pyridine rings is 1. The van der Waals surface area contributed by atoms with Crippen LogP contribution in [0.5, 0.6) is 0 Å². The Morgan fingerprint density at radius 1 is 1.15 bits per heavy atom. The lowest BCUT2D eigenvalue weighted by Gasteiger charge is -2.24. The van der Waals surface area contributed by atoms with Crippen LogP contribution >= 0.6 is 11.6 Å². The van der Waals surface area contributed by atoms with Gasteiger partial charge in [0, 0.05) is 16.8 Å². The maximum Gasteiger partial charge on any atom is 0.229 e. The minimum absolute atomic E-state index is 0.0996. The Balaban J connectivity index is 1.45. The van der Waals surface area contributed by atoms with Crippen molar-refractivity contribution in [3.05, 3.63) is 83.0 Å². The standard InChI is InChI=1S/C22H20ClN3O/c1-15-12-17-4-2-3-5-20(17)26(15)19-10-11-21(24-14-19)25-22(27)13-16-6-8-18(23)9-7-16/h2-11,14-15H,12-13H2,1H3,(H,24,25,27). The molecule has 4 rings (SSSR count). The molecule has 136 valence electrons. The Kier molecular flexibility index (Phi) is 4.82. The number of hydrogen-bond donors (Lipinski definition) is 1. The lowest BCUT2D eigenvalue weighted by Crippen LogP contribution is -2.24. The minimum atomic E-state index is -0.0996. The molecule has 3 aromatic rings. The zero-order chi connectivity index (χ0) is 18.8. The van der Waals surface area contributed by atoms with E-state index in [1.165, 1.54) is 11.3 Å². The first-order valence-electron chi connectivity index (χ1n) is 8.97. The molecular formula is C22H20ClN3O. The van der Waals surface area contributed by atoms with Gasteiger partial charge in [-0.05, 0) is 54.8 Å². The molecule has 2 heterocycles. The molecule has 0 saturated carbocycles. The number of nitrogens with zero attached hydrogens (tertiary/aromatic N) is 2. The number of carbonyl (C=O) groups excluding carboxylic acids is 1. The zero-order valence-electron chi connectivity index (χ0n) is 15.0. The third kappa shape index (κ3) is 3.81. The van der Waals surface area contributed by atoms with Crippen LogP contribution in [0.2, 0.25) is 5.02 Å². The molecule has 1 aliphatic rings. The molecule has 0 spiro atoms. The van der Waals surface area contributed by atoms with Crippen molar-refractivity contribution in [3.63, 3.8) is 0 Å². The number of anilines is 3. The maximum absolute atomic E-state index is 12.2. The summed E-state index contributed by atoms with van der Waals surface area (Å²) in [4.78, 5) is 19.0. The van der Waals surface area contributed by atoms with Crippen molar-refractivity contribution in [3.8, 4) is 0 Å². The maximum atomic E-state index is 12.2. The van der Waals surface area contributed by atoms with Crippen LogP contribution in [0, 0.1) is 0 Å². The van der Waals surface area contributed by atoms with Crippen LogP contribution in [0.1, 0.15) is 18.1 Å². The van der Waals surface area contributed by atoms with Crippen molar-refractivity contribution in [2.24, 2.45) is 0 Å². The number of benzene rings is 2. The molecule has 2 aromatic carbocycles. The van der Waals surface area contributed by atoms with E-state index < -0.39 is 0 Å². The molecular weight excluding hydrogens is 358 g/mol. The second-order valence-electron chi connectivity index (χ2n) is 6.80. The number of aromatic nitrogens is 1. The summed E-state index contributed by atoms with van der Waals surface area (Å²) in [6.07, 6.45) is 3.13. The van der Waals surface area contributed by atoms with Gasteiger partial charge in [-0.1, -0.05) is 41.9 Å². The number of carbonyl (C=O) groups is 1. The molecule has 0 bridgehead atoms. The number of rotatable bonds is 4. The average Bonchev–Trinajstić information content (AvgIpc) is 3.00. The summed E-state index contributed by atoms with van der Waals surface area (Å²) < 4.78 is 0. The normalized spacial score (nSPS) is 15.5. The minimum Gasteiger partial charge on any atom is -0.337 e. The molecule has 1 atom stereocenters. The second kappa shape index (κ2) is 7.41. The van der Waals surface area contributed by atoms with Gasteiger partial charge < -0.3 is 10.2 Å². The van der Waals surface area contributed by atoms with Crippen LogP contribution in [0.15, 0.2) is 66.9 Å². The molecule has 4 nitrogen and oxygen atoms in total. The summed E-state index contributed by atoms with van der Waals surface area (Å²) >= 11 is 5.87. The van der Waals surface area contributed by atoms with E-state index in [1.54, 1.807) is 12.1 Å². The molecule has 0 fully saturated rings. The summed E-state index contributed by atoms with van der Waals surface area (Å²) in [7, 11) is 0. The van der Waals surface area contributed by atoms with Gasteiger partial charge in [0.15, 0.2) is 0 Å². The number of halogens is 1. The van der Waals surface area contributed by atoms with Crippen LogP contribution in [0.4, 0.5) is 17.2 Å². The molecule has 1 amide bonds. The molecule has 1 unspecified atom stereocenters. The summed E-state index contributed by atoms with van der Waals surface area (Å²) in [5.74, 6) is 0.454. The van der Waals surface area contributed by atoms with Gasteiger partial charge in [-0.3, -0.25) is 4.79 Å². The average molecular weight is 378 g/mol. The number of nitrogens with one attached hydrogen (secondary N) is 1. The monoisotopic (exact) mass is 377 g/mol. The van der Waals surface area contributed by atoms with Crippen molar-refractivity contribution in [2.75, 3.05) is 10.2 Å². The van der Waals surface area contributed by atoms with Crippen molar-refractivity contribution in [1.29, 1.82) is 0 Å². The van der Waals surface area contributed by atoms with Gasteiger partial charge in [0.2, 0.25) is 5.91 Å². The van der Waals surface area contributed by atoms with Crippen molar-refractivity contribution >= 4 is 34.7 Å². The first kappa shape index (κ1) is 17.6. The SMILES string of the molecule is CC1Cc2ccccc2N1c1ccc(NC(=O)Cc2ccc(Cl)cc2)nc1. The summed E-state index contributed by atoms with van der Waals surface area (Å²) in [5, 5.41) is 3.51. The lowest BCUT2D eigenvalue weighted by molar-refractivity contribution is -0.115. The highest BCUT2D eigenvalue weighted by Crippen LogP contribution is 2.37. The Labute approximate surface area is 163 Å². The van der Waals surface area contributed by atoms with Gasteiger partial charge >= 0.3 is 0 Å². The largest absolute Gasteiger partial charge is 0.337 e. The molecule has 0 saturated heterocycles. The Morgan fingerprint density at radius 3 is 2.67 bits per heavy atom. The van der Waals surface area contributed by atoms with E-state index in [0.717, 1.165) is 17.7 Å². The van der Waals surface area contributed by atoms with E-state index in [2.05, 4.69) is 46.4 Å². The van der Waals surface area contributed by atoms with Crippen molar-refractivity contribution < 1.29 is 4.79 Å². The van der Waals surface area contributed by atoms with E-state index in [4.69, 9.17) is 11.6 Å². The predicted molar refractivity (Wildman–Crippen MR) is 110 cm³/mol. The van der Waals surface area contributed by atoms with Gasteiger partial charge in [0.1, 0.15) is 5.82 Å². The predicted octanol–water partition coefficient (Wildman–Crippen LogP) is 5.00. The molecule has 5 heteroatoms. The van der Waals surface area contributed by atoms with Gasteiger partial charge in [0.05, 0.1) is 18.3 Å². The van der Waals surface area contributed by atoms with Crippen LogP contribution in [-0.4, -0.2) is 16.9 Å². The Hall–Kier alpha value is -2.85. The molecule has 27 heavy (non-hydrogen) atoms. The van der Waals surface area contributed by atoms with Crippen LogP contribution in [0.3, 0.4) is 0 Å². The van der Waals surface area contributed by atoms with E-state index in [9.17, 15) is 4.79 Å². The first-order chi connectivity index (χ1) is 13.1. The third-order valence-corrected chi connectivity index (χ3v) is 5.03. The van der Waals surface area contributed by atoms with Gasteiger partial charge in [-0.25, -0.2) is 4.98 Å². The van der Waals surface area contributed by atoms with E-state index in [-0.39, 0.29) is 12.3 Å². The highest BCUT2D eigenvalue weighted by atomic mass is 35.5. The van der Waals surface area contributed by atoms with Crippen LogP contribution < -0.4 is 10.2 Å². The molecule has 0 radical (unpaired) electrons. The molecule has 0 aliphatic carbocycles. The topological polar surface area (TPSA) is 45.2 Å². The second-order valence-corrected chi connectivity index (χ2v) is 7.24. The van der Waals surface area contributed by atoms with E-state index >= 15 is 0 Å². The molecule has 1 aromatic heterocycles. The summed E-state index contributed by atoms with van der Waals surface area (Å²) in [5.41, 5.74) is 4.52. The first-order valence-corrected chi connectivity index (χ1v) is 9.35. The lowest BCUT2D eigenvalue weighted by atomic mass is 10.1. The fourth-order valence-electron chi connectivity index (χ4n) is 3.54. The highest BCUT2D eigenvalue weighted by molar-refractivity contribution is 6.30. The molecule has 1 N–H and O–H groups in total. The Morgan fingerprint density at radius 2 is 1.93 bits per heavy atom. The number of hydrogen-bond acceptors (Lipinski definition) is 3. The third-order valence-electron chi connectivity index (χ3n) is 4.78.